The zero-order valence-electron chi connectivity index (χ0n) is 10.4. The van der Waals surface area contributed by atoms with E-state index < -0.39 is 0 Å². The third-order valence-corrected chi connectivity index (χ3v) is 2.67. The Bertz CT molecular complexity index is 450. The van der Waals surface area contributed by atoms with Crippen LogP contribution in [0.1, 0.15) is 26.2 Å². The van der Waals surface area contributed by atoms with Crippen molar-refractivity contribution in [3.05, 3.63) is 59.4 Å². The first-order valence-corrected chi connectivity index (χ1v) is 5.79. The molecule has 0 saturated heterocycles. The summed E-state index contributed by atoms with van der Waals surface area (Å²) in [6.45, 7) is 6.17. The van der Waals surface area contributed by atoms with E-state index in [1.807, 2.05) is 18.2 Å². The van der Waals surface area contributed by atoms with E-state index in [0.29, 0.717) is 12.1 Å². The van der Waals surface area contributed by atoms with Crippen LogP contribution in [0, 0.1) is 12.3 Å². The van der Waals surface area contributed by atoms with Crippen molar-refractivity contribution >= 4 is 0 Å². The van der Waals surface area contributed by atoms with Crippen LogP contribution in [0.25, 0.3) is 0 Å². The first kappa shape index (κ1) is 13.1. The predicted octanol–water partition coefficient (Wildman–Crippen LogP) is 3.63. The van der Waals surface area contributed by atoms with Gasteiger partial charge in [-0.15, -0.1) is 12.3 Å². The largest absolute Gasteiger partial charge is 0.399 e. The van der Waals surface area contributed by atoms with Crippen LogP contribution in [-0.2, 0) is 0 Å². The van der Waals surface area contributed by atoms with Crippen molar-refractivity contribution in [1.29, 1.82) is 0 Å². The van der Waals surface area contributed by atoms with Crippen molar-refractivity contribution in [3.8, 4) is 12.3 Å². The van der Waals surface area contributed by atoms with Crippen molar-refractivity contribution in [2.75, 3.05) is 0 Å². The van der Waals surface area contributed by atoms with Crippen LogP contribution in [0.15, 0.2) is 59.4 Å². The number of nitrogens with two attached hydrogens (primary N) is 1. The summed E-state index contributed by atoms with van der Waals surface area (Å²) in [5.41, 5.74) is 9.96. The number of allylic oxidation sites excluding steroid dienone is 8. The Morgan fingerprint density at radius 1 is 1.47 bits per heavy atom. The second kappa shape index (κ2) is 6.60. The molecule has 0 bridgehead atoms. The topological polar surface area (TPSA) is 26.0 Å². The molecular formula is C16H19N. The molecule has 0 heterocycles. The minimum Gasteiger partial charge on any atom is -0.399 e. The molecule has 0 saturated carbocycles. The molecule has 17 heavy (non-hydrogen) atoms. The van der Waals surface area contributed by atoms with Gasteiger partial charge in [-0.1, -0.05) is 24.8 Å². The van der Waals surface area contributed by atoms with Gasteiger partial charge in [0, 0.05) is 12.1 Å². The van der Waals surface area contributed by atoms with Crippen molar-refractivity contribution < 1.29 is 0 Å². The Morgan fingerprint density at radius 2 is 2.18 bits per heavy atom. The Morgan fingerprint density at radius 3 is 2.82 bits per heavy atom. The minimum atomic E-state index is 0.560. The molecule has 0 atom stereocenters. The predicted molar refractivity (Wildman–Crippen MR) is 75.1 cm³/mol. The molecule has 88 valence electrons. The van der Waals surface area contributed by atoms with E-state index in [2.05, 4.69) is 31.6 Å². The molecule has 1 heteroatoms. The van der Waals surface area contributed by atoms with Crippen molar-refractivity contribution in [3.63, 3.8) is 0 Å². The van der Waals surface area contributed by atoms with E-state index in [1.54, 1.807) is 0 Å². The van der Waals surface area contributed by atoms with Gasteiger partial charge in [-0.3, -0.25) is 0 Å². The SMILES string of the molecule is C#CC/C=C(N)\C=C/C(=C)C1=CCCC=C1C. The van der Waals surface area contributed by atoms with Gasteiger partial charge in [0.25, 0.3) is 0 Å². The molecule has 0 unspecified atom stereocenters. The molecule has 1 rings (SSSR count). The molecule has 2 N–H and O–H groups in total. The lowest BCUT2D eigenvalue weighted by Crippen LogP contribution is -1.95. The summed E-state index contributed by atoms with van der Waals surface area (Å²) < 4.78 is 0. The fraction of sp³-hybridized carbons (Fsp3) is 0.250. The molecule has 0 radical (unpaired) electrons. The maximum atomic E-state index is 5.78. The molecular weight excluding hydrogens is 206 g/mol. The lowest BCUT2D eigenvalue weighted by molar-refractivity contribution is 0.997. The first-order valence-electron chi connectivity index (χ1n) is 5.79. The second-order valence-corrected chi connectivity index (χ2v) is 4.05. The average Bonchev–Trinajstić information content (AvgIpc) is 2.34. The molecule has 0 aromatic heterocycles. The van der Waals surface area contributed by atoms with Crippen LogP contribution >= 0.6 is 0 Å². The minimum absolute atomic E-state index is 0.560. The van der Waals surface area contributed by atoms with Gasteiger partial charge in [-0.25, -0.2) is 0 Å². The highest BCUT2D eigenvalue weighted by Crippen LogP contribution is 2.24. The van der Waals surface area contributed by atoms with Gasteiger partial charge in [-0.05, 0) is 48.6 Å². The van der Waals surface area contributed by atoms with E-state index in [1.165, 1.54) is 11.1 Å². The Labute approximate surface area is 104 Å². The molecule has 1 nitrogen and oxygen atoms in total. The molecule has 1 aliphatic rings. The fourth-order valence-corrected chi connectivity index (χ4v) is 1.71. The highest BCUT2D eigenvalue weighted by atomic mass is 14.5. The van der Waals surface area contributed by atoms with Crippen molar-refractivity contribution in [2.24, 2.45) is 5.73 Å². The fourth-order valence-electron chi connectivity index (χ4n) is 1.71. The second-order valence-electron chi connectivity index (χ2n) is 4.05. The van der Waals surface area contributed by atoms with Crippen molar-refractivity contribution in [2.45, 2.75) is 26.2 Å². The Hall–Kier alpha value is -1.94. The molecule has 0 aromatic rings. The molecule has 0 aliphatic heterocycles. The Kier molecular flexibility index (Phi) is 5.10. The normalized spacial score (nSPS) is 16.4. The van der Waals surface area contributed by atoms with Gasteiger partial charge in [0.15, 0.2) is 0 Å². The van der Waals surface area contributed by atoms with Gasteiger partial charge in [0.2, 0.25) is 0 Å². The molecule has 1 aliphatic carbocycles. The van der Waals surface area contributed by atoms with Gasteiger partial charge in [0.05, 0.1) is 0 Å². The highest BCUT2D eigenvalue weighted by molar-refractivity contribution is 5.51. The van der Waals surface area contributed by atoms with Gasteiger partial charge in [-0.2, -0.15) is 0 Å². The van der Waals surface area contributed by atoms with Crippen LogP contribution in [0.4, 0.5) is 0 Å². The standard InChI is InChI=1S/C16H19N/c1-4-5-9-15(17)12-11-14(3)16-10-7-6-8-13(16)2/h1,8-12H,3,5-7,17H2,2H3/b12-11-,15-9+. The van der Waals surface area contributed by atoms with E-state index in [9.17, 15) is 0 Å². The maximum absolute atomic E-state index is 5.78. The summed E-state index contributed by atoms with van der Waals surface area (Å²) in [4.78, 5) is 0. The smallest absolute Gasteiger partial charge is 0.0289 e. The monoisotopic (exact) mass is 225 g/mol. The van der Waals surface area contributed by atoms with E-state index in [-0.39, 0.29) is 0 Å². The average molecular weight is 225 g/mol. The van der Waals surface area contributed by atoms with Crippen LogP contribution in [0.5, 0.6) is 0 Å². The zero-order chi connectivity index (χ0) is 12.7. The zero-order valence-corrected chi connectivity index (χ0v) is 10.4. The van der Waals surface area contributed by atoms with E-state index >= 15 is 0 Å². The molecule has 0 spiro atoms. The van der Waals surface area contributed by atoms with Gasteiger partial charge in [0.1, 0.15) is 0 Å². The third-order valence-electron chi connectivity index (χ3n) is 2.67. The molecule has 0 aromatic carbocycles. The van der Waals surface area contributed by atoms with Crippen LogP contribution in [-0.4, -0.2) is 0 Å². The lowest BCUT2D eigenvalue weighted by atomic mass is 9.93. The van der Waals surface area contributed by atoms with Crippen LogP contribution < -0.4 is 5.73 Å². The van der Waals surface area contributed by atoms with E-state index in [0.717, 1.165) is 18.4 Å². The number of hydrogen-bond donors (Lipinski definition) is 1. The molecule has 0 amide bonds. The number of terminal acetylenes is 1. The highest BCUT2D eigenvalue weighted by Gasteiger charge is 2.05. The summed E-state index contributed by atoms with van der Waals surface area (Å²) in [7, 11) is 0. The summed E-state index contributed by atoms with van der Waals surface area (Å²) >= 11 is 0. The maximum Gasteiger partial charge on any atom is 0.0289 e. The van der Waals surface area contributed by atoms with Gasteiger partial charge >= 0.3 is 0 Å². The van der Waals surface area contributed by atoms with Crippen LogP contribution in [0.2, 0.25) is 0 Å². The van der Waals surface area contributed by atoms with Crippen LogP contribution in [0.3, 0.4) is 0 Å². The number of rotatable bonds is 4. The first-order chi connectivity index (χ1) is 8.15. The summed E-state index contributed by atoms with van der Waals surface area (Å²) in [6.07, 6.45) is 18.0. The van der Waals surface area contributed by atoms with E-state index in [4.69, 9.17) is 12.2 Å². The quantitative estimate of drug-likeness (QED) is 0.574. The molecule has 0 fully saturated rings. The summed E-state index contributed by atoms with van der Waals surface area (Å²) in [6, 6.07) is 0. The summed E-state index contributed by atoms with van der Waals surface area (Å²) in [5, 5.41) is 0. The van der Waals surface area contributed by atoms with Crippen molar-refractivity contribution in [1.82, 2.24) is 0 Å². The lowest BCUT2D eigenvalue weighted by Gasteiger charge is -2.12. The number of hydrogen-bond acceptors (Lipinski definition) is 1. The van der Waals surface area contributed by atoms with Gasteiger partial charge < -0.3 is 5.73 Å². The summed E-state index contributed by atoms with van der Waals surface area (Å²) in [5.74, 6) is 2.52. The Balaban J connectivity index is 2.67. The third kappa shape index (κ3) is 4.20.